The number of nitrogens with zero attached hydrogens (tertiary/aromatic N) is 2. The molecule has 1 aliphatic rings. The highest BCUT2D eigenvalue weighted by Gasteiger charge is 2.33. The van der Waals surface area contributed by atoms with Crippen LogP contribution in [-0.4, -0.2) is 42.7 Å². The topological polar surface area (TPSA) is 88.5 Å². The summed E-state index contributed by atoms with van der Waals surface area (Å²) in [7, 11) is -2.28. The largest absolute Gasteiger partial charge is 0.350 e. The molecule has 7 nitrogen and oxygen atoms in total. The van der Waals surface area contributed by atoms with E-state index in [1.807, 2.05) is 0 Å². The monoisotopic (exact) mass is 431 g/mol. The molecule has 1 N–H and O–H groups in total. The zero-order chi connectivity index (χ0) is 22.1. The van der Waals surface area contributed by atoms with E-state index in [4.69, 9.17) is 0 Å². The van der Waals surface area contributed by atoms with Gasteiger partial charge in [-0.15, -0.1) is 0 Å². The minimum atomic E-state index is -4.04. The molecule has 0 spiro atoms. The summed E-state index contributed by atoms with van der Waals surface area (Å²) in [6, 6.07) is 6.35. The Kier molecular flexibility index (Phi) is 6.36. The first-order chi connectivity index (χ1) is 14.1. The summed E-state index contributed by atoms with van der Waals surface area (Å²) < 4.78 is 31.0. The molecule has 0 radical (unpaired) electrons. The number of anilines is 1. The Balaban J connectivity index is 2.04. The van der Waals surface area contributed by atoms with Crippen LogP contribution in [0.2, 0.25) is 0 Å². The Morgan fingerprint density at radius 1 is 1.00 bits per heavy atom. The number of aromatic nitrogens is 1. The fraction of sp³-hybridized carbons (Fsp3) is 0.455. The molecule has 1 saturated heterocycles. The number of ketones is 1. The van der Waals surface area contributed by atoms with Crippen molar-refractivity contribution >= 4 is 27.4 Å². The fourth-order valence-corrected chi connectivity index (χ4v) is 5.51. The normalized spacial score (nSPS) is 15.0. The van der Waals surface area contributed by atoms with E-state index < -0.39 is 10.0 Å². The van der Waals surface area contributed by atoms with Crippen LogP contribution in [0.25, 0.3) is 0 Å². The number of sulfonamides is 1. The second-order valence-electron chi connectivity index (χ2n) is 7.88. The van der Waals surface area contributed by atoms with Crippen molar-refractivity contribution in [2.45, 2.75) is 51.3 Å². The molecule has 1 fully saturated rings. The molecular formula is C22H29N3O4S. The van der Waals surface area contributed by atoms with Gasteiger partial charge in [0.2, 0.25) is 0 Å². The van der Waals surface area contributed by atoms with Crippen LogP contribution in [0.4, 0.5) is 5.69 Å². The Bertz CT molecular complexity index is 1080. The molecule has 3 rings (SSSR count). The highest BCUT2D eigenvalue weighted by molar-refractivity contribution is 7.92. The predicted octanol–water partition coefficient (Wildman–Crippen LogP) is 3.66. The van der Waals surface area contributed by atoms with Gasteiger partial charge in [0, 0.05) is 42.8 Å². The maximum Gasteiger partial charge on any atom is 0.264 e. The van der Waals surface area contributed by atoms with Crippen molar-refractivity contribution in [3.8, 4) is 0 Å². The summed E-state index contributed by atoms with van der Waals surface area (Å²) in [5, 5.41) is 0. The maximum absolute atomic E-state index is 13.4. The van der Waals surface area contributed by atoms with Crippen LogP contribution in [0.1, 0.15) is 64.7 Å². The molecule has 8 heteroatoms. The lowest BCUT2D eigenvalue weighted by atomic mass is 10.1. The Morgan fingerprint density at radius 2 is 1.63 bits per heavy atom. The molecule has 2 heterocycles. The molecule has 0 saturated carbocycles. The van der Waals surface area contributed by atoms with Gasteiger partial charge in [0.05, 0.1) is 5.56 Å². The zero-order valence-electron chi connectivity index (χ0n) is 18.0. The zero-order valence-corrected chi connectivity index (χ0v) is 18.8. The summed E-state index contributed by atoms with van der Waals surface area (Å²) in [5.41, 5.74) is 2.06. The number of likely N-dealkylation sites (tertiary alicyclic amines) is 1. The van der Waals surface area contributed by atoms with Crippen LogP contribution in [-0.2, 0) is 17.1 Å². The standard InChI is InChI=1S/C22H29N3O4S/c1-15-20(22(27)25-12-7-5-6-8-13-25)21(16(2)24(15)4)30(28,29)23-19-11-9-10-18(14-19)17(3)26/h9-11,14,23H,5-8,12-13H2,1-4H3. The van der Waals surface area contributed by atoms with Crippen molar-refractivity contribution in [2.24, 2.45) is 7.05 Å². The third kappa shape index (κ3) is 4.28. The third-order valence-corrected chi connectivity index (χ3v) is 7.36. The molecular weight excluding hydrogens is 402 g/mol. The van der Waals surface area contributed by atoms with Gasteiger partial charge in [-0.25, -0.2) is 8.42 Å². The maximum atomic E-state index is 13.4. The van der Waals surface area contributed by atoms with Gasteiger partial charge in [-0.05, 0) is 45.7 Å². The molecule has 1 amide bonds. The molecule has 1 aromatic heterocycles. The minimum Gasteiger partial charge on any atom is -0.350 e. The molecule has 0 atom stereocenters. The van der Waals surface area contributed by atoms with Gasteiger partial charge in [0.15, 0.2) is 5.78 Å². The van der Waals surface area contributed by atoms with Crippen molar-refractivity contribution < 1.29 is 18.0 Å². The predicted molar refractivity (Wildman–Crippen MR) is 117 cm³/mol. The molecule has 162 valence electrons. The van der Waals surface area contributed by atoms with Crippen LogP contribution >= 0.6 is 0 Å². The van der Waals surface area contributed by atoms with E-state index in [-0.39, 0.29) is 27.8 Å². The number of hydrogen-bond acceptors (Lipinski definition) is 4. The van der Waals surface area contributed by atoms with Crippen LogP contribution in [0, 0.1) is 13.8 Å². The van der Waals surface area contributed by atoms with Crippen molar-refractivity contribution in [1.82, 2.24) is 9.47 Å². The third-order valence-electron chi connectivity index (χ3n) is 5.82. The number of Topliss-reactive ketones (excluding diaryl/α,β-unsaturated/α-hetero) is 1. The second kappa shape index (κ2) is 8.63. The average Bonchev–Trinajstić information content (AvgIpc) is 2.89. The van der Waals surface area contributed by atoms with Gasteiger partial charge in [-0.3, -0.25) is 14.3 Å². The van der Waals surface area contributed by atoms with E-state index in [1.165, 1.54) is 13.0 Å². The van der Waals surface area contributed by atoms with Crippen molar-refractivity contribution in [3.05, 3.63) is 46.8 Å². The highest BCUT2D eigenvalue weighted by Crippen LogP contribution is 2.30. The molecule has 0 aliphatic carbocycles. The van der Waals surface area contributed by atoms with Crippen LogP contribution in [0.5, 0.6) is 0 Å². The minimum absolute atomic E-state index is 0.00461. The number of carbonyl (C=O) groups excluding carboxylic acids is 2. The van der Waals surface area contributed by atoms with Crippen LogP contribution in [0.3, 0.4) is 0 Å². The average molecular weight is 432 g/mol. The van der Waals surface area contributed by atoms with E-state index in [1.54, 1.807) is 48.6 Å². The van der Waals surface area contributed by atoms with Gasteiger partial charge < -0.3 is 9.47 Å². The summed E-state index contributed by atoms with van der Waals surface area (Å²) in [6.07, 6.45) is 4.01. The smallest absolute Gasteiger partial charge is 0.264 e. The lowest BCUT2D eigenvalue weighted by Crippen LogP contribution is -2.33. The van der Waals surface area contributed by atoms with E-state index >= 15 is 0 Å². The highest BCUT2D eigenvalue weighted by atomic mass is 32.2. The molecule has 30 heavy (non-hydrogen) atoms. The summed E-state index contributed by atoms with van der Waals surface area (Å²) in [6.45, 7) is 6.18. The van der Waals surface area contributed by atoms with E-state index in [9.17, 15) is 18.0 Å². The summed E-state index contributed by atoms with van der Waals surface area (Å²) in [4.78, 5) is 26.8. The van der Waals surface area contributed by atoms with Gasteiger partial charge in [-0.1, -0.05) is 25.0 Å². The van der Waals surface area contributed by atoms with E-state index in [0.717, 1.165) is 25.7 Å². The van der Waals surface area contributed by atoms with Gasteiger partial charge in [0.1, 0.15) is 4.90 Å². The van der Waals surface area contributed by atoms with Crippen molar-refractivity contribution in [1.29, 1.82) is 0 Å². The molecule has 0 bridgehead atoms. The first-order valence-corrected chi connectivity index (χ1v) is 11.7. The summed E-state index contributed by atoms with van der Waals surface area (Å²) in [5.74, 6) is -0.393. The number of amides is 1. The first-order valence-electron chi connectivity index (χ1n) is 10.2. The SMILES string of the molecule is CC(=O)c1cccc(NS(=O)(=O)c2c(C(=O)N3CCCCCC3)c(C)n(C)c2C)c1. The van der Waals surface area contributed by atoms with Crippen LogP contribution < -0.4 is 4.72 Å². The number of rotatable bonds is 5. The van der Waals surface area contributed by atoms with Crippen LogP contribution in [0.15, 0.2) is 29.2 Å². The quantitative estimate of drug-likeness (QED) is 0.732. The molecule has 1 aliphatic heterocycles. The number of benzene rings is 1. The summed E-state index contributed by atoms with van der Waals surface area (Å²) >= 11 is 0. The lowest BCUT2D eigenvalue weighted by molar-refractivity contribution is 0.0757. The second-order valence-corrected chi connectivity index (χ2v) is 9.50. The molecule has 0 unspecified atom stereocenters. The van der Waals surface area contributed by atoms with Crippen molar-refractivity contribution in [3.63, 3.8) is 0 Å². The van der Waals surface area contributed by atoms with Gasteiger partial charge >= 0.3 is 0 Å². The number of hydrogen-bond donors (Lipinski definition) is 1. The number of carbonyl (C=O) groups is 2. The Hall–Kier alpha value is -2.61. The fourth-order valence-electron chi connectivity index (χ4n) is 3.94. The lowest BCUT2D eigenvalue weighted by Gasteiger charge is -2.21. The van der Waals surface area contributed by atoms with Crippen molar-refractivity contribution in [2.75, 3.05) is 17.8 Å². The Labute approximate surface area is 178 Å². The first kappa shape index (κ1) is 22.1. The van der Waals surface area contributed by atoms with Gasteiger partial charge in [-0.2, -0.15) is 0 Å². The molecule has 1 aromatic carbocycles. The van der Waals surface area contributed by atoms with E-state index in [2.05, 4.69) is 4.72 Å². The number of nitrogens with one attached hydrogen (secondary N) is 1. The Morgan fingerprint density at radius 3 is 2.23 bits per heavy atom. The van der Waals surface area contributed by atoms with Gasteiger partial charge in [0.25, 0.3) is 15.9 Å². The van der Waals surface area contributed by atoms with E-state index in [0.29, 0.717) is 30.0 Å². The molecule has 2 aromatic rings.